The summed E-state index contributed by atoms with van der Waals surface area (Å²) in [4.78, 5) is 46.2. The van der Waals surface area contributed by atoms with E-state index in [0.717, 1.165) is 38.2 Å². The van der Waals surface area contributed by atoms with Crippen LogP contribution in [-0.2, 0) is 40.0 Å². The van der Waals surface area contributed by atoms with Crippen LogP contribution in [0.25, 0.3) is 21.5 Å². The van der Waals surface area contributed by atoms with Crippen molar-refractivity contribution in [3.8, 4) is 0 Å². The molecule has 0 fully saturated rings. The van der Waals surface area contributed by atoms with E-state index in [4.69, 9.17) is 19.3 Å². The summed E-state index contributed by atoms with van der Waals surface area (Å²) in [6.07, 6.45) is 0. The zero-order chi connectivity index (χ0) is 33.9. The first-order chi connectivity index (χ1) is 22.5. The molecular formula is C39H38O8. The van der Waals surface area contributed by atoms with E-state index in [9.17, 15) is 19.2 Å². The fraction of sp³-hybridized carbons (Fsp3) is 0.231. The topological polar surface area (TPSA) is 116 Å². The fourth-order valence-electron chi connectivity index (χ4n) is 4.87. The molecule has 8 nitrogen and oxygen atoms in total. The summed E-state index contributed by atoms with van der Waals surface area (Å²) in [6, 6.07) is 33.3. The third-order valence-electron chi connectivity index (χ3n) is 7.66. The molecule has 2 unspecified atom stereocenters. The number of carboxylic acid groups (broad SMARTS) is 1. The molecule has 47 heavy (non-hydrogen) atoms. The average Bonchev–Trinajstić information content (AvgIpc) is 3.08. The summed E-state index contributed by atoms with van der Waals surface area (Å²) in [6.45, 7) is 6.73. The number of carbonyl (C=O) groups is 4. The van der Waals surface area contributed by atoms with Gasteiger partial charge < -0.3 is 19.3 Å². The van der Waals surface area contributed by atoms with Gasteiger partial charge in [0.2, 0.25) is 0 Å². The predicted molar refractivity (Wildman–Crippen MR) is 180 cm³/mol. The molecule has 0 saturated heterocycles. The molecule has 0 aliphatic heterocycles. The minimum atomic E-state index is -1.15. The SMILES string of the molecule is Cc1ccc2cc(C(C)C(=O)OCC(=O)O)ccc2c1.Cc1ccc2cc(C(C)C(=O)OCC(=O)OCc3ccccc3)ccc2c1. The second-order valence-corrected chi connectivity index (χ2v) is 11.4. The van der Waals surface area contributed by atoms with E-state index in [1.54, 1.807) is 13.8 Å². The molecule has 1 N–H and O–H groups in total. The van der Waals surface area contributed by atoms with Gasteiger partial charge in [0.25, 0.3) is 0 Å². The van der Waals surface area contributed by atoms with Gasteiger partial charge in [0.1, 0.15) is 6.61 Å². The summed E-state index contributed by atoms with van der Waals surface area (Å²) in [5, 5.41) is 12.9. The Morgan fingerprint density at radius 2 is 1.02 bits per heavy atom. The summed E-state index contributed by atoms with van der Waals surface area (Å²) >= 11 is 0. The maximum Gasteiger partial charge on any atom is 0.344 e. The first-order valence-electron chi connectivity index (χ1n) is 15.3. The number of fused-ring (bicyclic) bond motifs is 2. The number of esters is 3. The zero-order valence-corrected chi connectivity index (χ0v) is 26.9. The molecule has 8 heteroatoms. The van der Waals surface area contributed by atoms with Gasteiger partial charge in [-0.25, -0.2) is 9.59 Å². The second kappa shape index (κ2) is 16.2. The van der Waals surface area contributed by atoms with Crippen LogP contribution in [0.4, 0.5) is 0 Å². The Hall–Kier alpha value is -5.50. The van der Waals surface area contributed by atoms with Gasteiger partial charge in [0.05, 0.1) is 11.8 Å². The highest BCUT2D eigenvalue weighted by atomic mass is 16.6. The third kappa shape index (κ3) is 9.99. The molecule has 0 radical (unpaired) electrons. The average molecular weight is 635 g/mol. The molecule has 242 valence electrons. The highest BCUT2D eigenvalue weighted by Gasteiger charge is 2.20. The third-order valence-corrected chi connectivity index (χ3v) is 7.66. The van der Waals surface area contributed by atoms with E-state index in [-0.39, 0.29) is 13.2 Å². The molecule has 2 atom stereocenters. The van der Waals surface area contributed by atoms with Crippen molar-refractivity contribution in [3.05, 3.63) is 131 Å². The molecule has 0 aliphatic carbocycles. The van der Waals surface area contributed by atoms with Crippen molar-refractivity contribution in [1.29, 1.82) is 0 Å². The van der Waals surface area contributed by atoms with Gasteiger partial charge in [-0.2, -0.15) is 0 Å². The molecule has 5 aromatic carbocycles. The van der Waals surface area contributed by atoms with Crippen molar-refractivity contribution < 1.29 is 38.5 Å². The fourth-order valence-corrected chi connectivity index (χ4v) is 4.87. The number of benzene rings is 5. The molecule has 0 heterocycles. The zero-order valence-electron chi connectivity index (χ0n) is 26.9. The monoisotopic (exact) mass is 634 g/mol. The van der Waals surface area contributed by atoms with E-state index < -0.39 is 42.3 Å². The summed E-state index contributed by atoms with van der Waals surface area (Å²) in [5.74, 6) is -3.64. The summed E-state index contributed by atoms with van der Waals surface area (Å²) in [5.41, 5.74) is 4.93. The number of hydrogen-bond acceptors (Lipinski definition) is 7. The minimum Gasteiger partial charge on any atom is -0.479 e. The van der Waals surface area contributed by atoms with Crippen LogP contribution in [0.3, 0.4) is 0 Å². The maximum atomic E-state index is 12.3. The van der Waals surface area contributed by atoms with Crippen LogP contribution >= 0.6 is 0 Å². The van der Waals surface area contributed by atoms with Crippen LogP contribution in [0.2, 0.25) is 0 Å². The van der Waals surface area contributed by atoms with Crippen LogP contribution < -0.4 is 0 Å². The van der Waals surface area contributed by atoms with E-state index in [0.29, 0.717) is 0 Å². The molecule has 0 spiro atoms. The van der Waals surface area contributed by atoms with Gasteiger partial charge in [0, 0.05) is 0 Å². The van der Waals surface area contributed by atoms with Crippen molar-refractivity contribution >= 4 is 45.4 Å². The number of aryl methyl sites for hydroxylation is 2. The van der Waals surface area contributed by atoms with Gasteiger partial charge in [-0.15, -0.1) is 0 Å². The molecule has 0 bridgehead atoms. The van der Waals surface area contributed by atoms with E-state index >= 15 is 0 Å². The first-order valence-corrected chi connectivity index (χ1v) is 15.3. The van der Waals surface area contributed by atoms with Crippen molar-refractivity contribution in [3.63, 3.8) is 0 Å². The van der Waals surface area contributed by atoms with Gasteiger partial charge in [-0.05, 0) is 65.9 Å². The first kappa shape index (κ1) is 34.4. The molecule has 5 aromatic rings. The highest BCUT2D eigenvalue weighted by Crippen LogP contribution is 2.25. The minimum absolute atomic E-state index is 0.164. The van der Waals surface area contributed by atoms with Crippen molar-refractivity contribution in [2.45, 2.75) is 46.1 Å². The van der Waals surface area contributed by atoms with Crippen molar-refractivity contribution in [2.75, 3.05) is 13.2 Å². The van der Waals surface area contributed by atoms with Crippen LogP contribution in [0.15, 0.2) is 103 Å². The lowest BCUT2D eigenvalue weighted by Crippen LogP contribution is -2.20. The Balaban J connectivity index is 0.000000223. The number of hydrogen-bond donors (Lipinski definition) is 1. The lowest BCUT2D eigenvalue weighted by atomic mass is 9.97. The molecule has 0 amide bonds. The Bertz CT molecular complexity index is 1880. The Morgan fingerprint density at radius 3 is 1.51 bits per heavy atom. The van der Waals surface area contributed by atoms with E-state index in [2.05, 4.69) is 12.1 Å². The van der Waals surface area contributed by atoms with Gasteiger partial charge in [-0.1, -0.05) is 114 Å². The van der Waals surface area contributed by atoms with Gasteiger partial charge in [-0.3, -0.25) is 9.59 Å². The van der Waals surface area contributed by atoms with Gasteiger partial charge in [0.15, 0.2) is 13.2 Å². The summed E-state index contributed by atoms with van der Waals surface area (Å²) < 4.78 is 15.0. The Labute approximate surface area is 273 Å². The predicted octanol–water partition coefficient (Wildman–Crippen LogP) is 7.42. The number of rotatable bonds is 10. The number of aliphatic carboxylic acids is 1. The Kier molecular flexibility index (Phi) is 11.8. The molecule has 0 saturated carbocycles. The Morgan fingerprint density at radius 1 is 0.574 bits per heavy atom. The number of carbonyl (C=O) groups excluding carboxylic acids is 3. The molecule has 0 aliphatic rings. The van der Waals surface area contributed by atoms with Crippen LogP contribution in [0.5, 0.6) is 0 Å². The van der Waals surface area contributed by atoms with Crippen molar-refractivity contribution in [1.82, 2.24) is 0 Å². The largest absolute Gasteiger partial charge is 0.479 e. The smallest absolute Gasteiger partial charge is 0.344 e. The van der Waals surface area contributed by atoms with E-state index in [1.807, 2.05) is 105 Å². The van der Waals surface area contributed by atoms with Crippen LogP contribution in [-0.4, -0.2) is 42.2 Å². The lowest BCUT2D eigenvalue weighted by Gasteiger charge is -2.13. The lowest BCUT2D eigenvalue weighted by molar-refractivity contribution is -0.160. The highest BCUT2D eigenvalue weighted by molar-refractivity contribution is 5.88. The second-order valence-electron chi connectivity index (χ2n) is 11.4. The molecule has 5 rings (SSSR count). The van der Waals surface area contributed by atoms with Crippen LogP contribution in [0, 0.1) is 13.8 Å². The molecular weight excluding hydrogens is 596 g/mol. The number of carboxylic acids is 1. The normalized spacial score (nSPS) is 11.9. The maximum absolute atomic E-state index is 12.3. The molecule has 0 aromatic heterocycles. The van der Waals surface area contributed by atoms with Gasteiger partial charge >= 0.3 is 23.9 Å². The summed E-state index contributed by atoms with van der Waals surface area (Å²) in [7, 11) is 0. The van der Waals surface area contributed by atoms with Crippen molar-refractivity contribution in [2.24, 2.45) is 0 Å². The van der Waals surface area contributed by atoms with Crippen LogP contribution in [0.1, 0.15) is 53.5 Å². The standard InChI is InChI=1S/C23H22O4.C16H16O4/c1-16-8-9-21-13-19(10-11-20(21)12-16)17(2)23(25)27-15-22(24)26-14-18-6-4-3-5-7-18;1-10-3-4-14-8-12(5-6-13(14)7-10)11(2)16(19)20-9-15(17)18/h3-13,17H,14-15H2,1-2H3;3-8,11H,9H2,1-2H3,(H,17,18). The quantitative estimate of drug-likeness (QED) is 0.125. The number of ether oxygens (including phenoxy) is 3. The van der Waals surface area contributed by atoms with E-state index in [1.165, 1.54) is 11.1 Å².